The highest BCUT2D eigenvalue weighted by atomic mass is 32.2. The number of imidazole rings is 2. The van der Waals surface area contributed by atoms with Crippen molar-refractivity contribution in [3.05, 3.63) is 115 Å². The number of aryl methyl sites for hydroxylation is 1. The minimum atomic E-state index is 0.100. The molecule has 0 bridgehead atoms. The Balaban J connectivity index is 1.08. The normalized spacial score (nSPS) is 17.7. The van der Waals surface area contributed by atoms with Crippen LogP contribution in [0.15, 0.2) is 102 Å². The zero-order chi connectivity index (χ0) is 33.6. The van der Waals surface area contributed by atoms with Crippen LogP contribution in [-0.4, -0.2) is 25.2 Å². The molecule has 0 radical (unpaired) electrons. The average Bonchev–Trinajstić information content (AvgIpc) is 3.78. The van der Waals surface area contributed by atoms with E-state index in [9.17, 15) is 0 Å². The van der Waals surface area contributed by atoms with Crippen molar-refractivity contribution >= 4 is 23.9 Å². The second kappa shape index (κ2) is 15.8. The summed E-state index contributed by atoms with van der Waals surface area (Å²) in [4.78, 5) is 17.9. The molecule has 4 unspecified atom stereocenters. The third-order valence-corrected chi connectivity index (χ3v) is 11.0. The van der Waals surface area contributed by atoms with Crippen molar-refractivity contribution in [1.29, 1.82) is 0 Å². The van der Waals surface area contributed by atoms with Crippen LogP contribution in [0.3, 0.4) is 0 Å². The van der Waals surface area contributed by atoms with Crippen LogP contribution in [0.4, 0.5) is 0 Å². The van der Waals surface area contributed by atoms with Crippen LogP contribution in [-0.2, 0) is 0 Å². The largest absolute Gasteiger partial charge is 0.341 e. The van der Waals surface area contributed by atoms with Gasteiger partial charge in [0.15, 0.2) is 0 Å². The van der Waals surface area contributed by atoms with Crippen molar-refractivity contribution in [2.45, 2.75) is 76.6 Å². The molecule has 1 aliphatic rings. The molecule has 2 aromatic heterocycles. The fourth-order valence-corrected chi connectivity index (χ4v) is 7.96. The quantitative estimate of drug-likeness (QED) is 0.0734. The fraction of sp³-hybridized carbons (Fsp3) is 0.350. The Labute approximate surface area is 294 Å². The maximum Gasteiger partial charge on any atom is 0.124 e. The van der Waals surface area contributed by atoms with E-state index < -0.39 is 0 Å². The Bertz CT molecular complexity index is 1770. The zero-order valence-electron chi connectivity index (χ0n) is 28.8. The maximum atomic E-state index is 4.80. The second-order valence-corrected chi connectivity index (χ2v) is 15.7. The first-order chi connectivity index (χ1) is 23.2. The molecule has 0 saturated heterocycles. The van der Waals surface area contributed by atoms with Gasteiger partial charge in [0.1, 0.15) is 11.6 Å². The molecule has 6 rings (SSSR count). The van der Waals surface area contributed by atoms with E-state index in [1.807, 2.05) is 24.3 Å². The van der Waals surface area contributed by atoms with Gasteiger partial charge in [0.25, 0.3) is 0 Å². The van der Waals surface area contributed by atoms with Crippen LogP contribution >= 0.6 is 23.9 Å². The number of H-pyrrole nitrogens is 2. The van der Waals surface area contributed by atoms with Gasteiger partial charge in [-0.05, 0) is 83.9 Å². The number of aromatic amines is 2. The summed E-state index contributed by atoms with van der Waals surface area (Å²) in [5, 5.41) is 0.517. The molecule has 250 valence electrons. The van der Waals surface area contributed by atoms with Gasteiger partial charge in [-0.3, -0.25) is 4.72 Å². The van der Waals surface area contributed by atoms with Gasteiger partial charge in [-0.2, -0.15) is 0 Å². The first-order valence-electron chi connectivity index (χ1n) is 17.1. The Morgan fingerprint density at radius 2 is 1.15 bits per heavy atom. The van der Waals surface area contributed by atoms with Gasteiger partial charge in [-0.1, -0.05) is 125 Å². The van der Waals surface area contributed by atoms with E-state index in [2.05, 4.69) is 146 Å². The molecule has 1 aliphatic carbocycles. The molecule has 4 N–H and O–H groups in total. The highest BCUT2D eigenvalue weighted by Gasteiger charge is 2.23. The van der Waals surface area contributed by atoms with Gasteiger partial charge in [-0.25, -0.2) is 14.7 Å². The van der Waals surface area contributed by atoms with E-state index in [0.29, 0.717) is 23.0 Å². The standard InChI is InChI=1S/C40H48N6S2/c1-25(2)37(45-47-33-19-7-27(5)8-20-33)39-41-23-35(43-39)31-15-11-29(12-16-31)30-13-17-32(18-14-30)36-24-42-40(44-36)38(26(3)4)46-48-34-21-9-28(6)10-22-34/h7-9,11-21,23-26,28,34,37-38,45-46H,10,22H2,1-6H3,(H,41,43)(H,42,44). The van der Waals surface area contributed by atoms with E-state index >= 15 is 0 Å². The molecule has 0 amide bonds. The Morgan fingerprint density at radius 3 is 1.62 bits per heavy atom. The molecule has 48 heavy (non-hydrogen) atoms. The Morgan fingerprint density at radius 1 is 0.646 bits per heavy atom. The third kappa shape index (κ3) is 8.53. The van der Waals surface area contributed by atoms with Crippen molar-refractivity contribution in [2.24, 2.45) is 17.8 Å². The molecule has 0 aliphatic heterocycles. The zero-order valence-corrected chi connectivity index (χ0v) is 30.5. The molecule has 0 saturated carbocycles. The lowest BCUT2D eigenvalue weighted by atomic mass is 9.98. The minimum Gasteiger partial charge on any atom is -0.341 e. The van der Waals surface area contributed by atoms with Crippen molar-refractivity contribution in [1.82, 2.24) is 29.4 Å². The van der Waals surface area contributed by atoms with Crippen LogP contribution in [0.2, 0.25) is 0 Å². The number of rotatable bonds is 13. The van der Waals surface area contributed by atoms with E-state index in [1.165, 1.54) is 34.4 Å². The van der Waals surface area contributed by atoms with Crippen molar-refractivity contribution in [2.75, 3.05) is 0 Å². The number of hydrogen-bond donors (Lipinski definition) is 4. The predicted octanol–water partition coefficient (Wildman–Crippen LogP) is 10.7. The van der Waals surface area contributed by atoms with Crippen LogP contribution in [0.1, 0.15) is 76.8 Å². The molecular formula is C40H48N6S2. The lowest BCUT2D eigenvalue weighted by Crippen LogP contribution is -2.24. The molecular weight excluding hydrogens is 629 g/mol. The van der Waals surface area contributed by atoms with E-state index in [4.69, 9.17) is 9.97 Å². The summed E-state index contributed by atoms with van der Waals surface area (Å²) >= 11 is 3.49. The summed E-state index contributed by atoms with van der Waals surface area (Å²) in [5.41, 5.74) is 7.94. The summed E-state index contributed by atoms with van der Waals surface area (Å²) in [7, 11) is 0. The van der Waals surface area contributed by atoms with Crippen LogP contribution in [0.5, 0.6) is 0 Å². The summed E-state index contributed by atoms with van der Waals surface area (Å²) in [6, 6.07) is 26.3. The monoisotopic (exact) mass is 676 g/mol. The molecule has 6 nitrogen and oxygen atoms in total. The molecule has 3 aromatic carbocycles. The molecule has 0 spiro atoms. The Kier molecular flexibility index (Phi) is 11.3. The predicted molar refractivity (Wildman–Crippen MR) is 204 cm³/mol. The molecule has 2 heterocycles. The second-order valence-electron chi connectivity index (χ2n) is 13.7. The van der Waals surface area contributed by atoms with Crippen LogP contribution in [0.25, 0.3) is 33.6 Å². The molecule has 0 fully saturated rings. The van der Waals surface area contributed by atoms with Crippen molar-refractivity contribution in [3.63, 3.8) is 0 Å². The summed E-state index contributed by atoms with van der Waals surface area (Å²) in [5.74, 6) is 3.42. The average molecular weight is 677 g/mol. The molecule has 4 atom stereocenters. The van der Waals surface area contributed by atoms with Gasteiger partial charge < -0.3 is 9.97 Å². The van der Waals surface area contributed by atoms with Gasteiger partial charge in [0.05, 0.1) is 35.9 Å². The number of nitrogens with one attached hydrogen (secondary N) is 4. The fourth-order valence-electron chi connectivity index (χ4n) is 5.91. The SMILES string of the molecule is Cc1ccc(SNC(c2ncc(-c3ccc(-c4ccc(-c5cnc(C(NSC6C=CC(C)CC6)C(C)C)[nH]5)cc4)cc3)[nH]2)C(C)C)cc1. The summed E-state index contributed by atoms with van der Waals surface area (Å²) in [6.45, 7) is 13.3. The number of aromatic nitrogens is 4. The van der Waals surface area contributed by atoms with E-state index in [-0.39, 0.29) is 12.1 Å². The summed E-state index contributed by atoms with van der Waals surface area (Å²) < 4.78 is 7.34. The Hall–Kier alpha value is -3.56. The van der Waals surface area contributed by atoms with Gasteiger partial charge in [0.2, 0.25) is 0 Å². The lowest BCUT2D eigenvalue weighted by molar-refractivity contribution is 0.466. The van der Waals surface area contributed by atoms with Crippen molar-refractivity contribution < 1.29 is 0 Å². The first kappa shape index (κ1) is 34.3. The van der Waals surface area contributed by atoms with Crippen LogP contribution < -0.4 is 9.44 Å². The number of allylic oxidation sites excluding steroid dienone is 1. The lowest BCUT2D eigenvalue weighted by Gasteiger charge is -2.24. The number of benzene rings is 3. The smallest absolute Gasteiger partial charge is 0.124 e. The minimum absolute atomic E-state index is 0.100. The van der Waals surface area contributed by atoms with Gasteiger partial charge in [-0.15, -0.1) is 0 Å². The highest BCUT2D eigenvalue weighted by Crippen LogP contribution is 2.32. The topological polar surface area (TPSA) is 81.4 Å². The van der Waals surface area contributed by atoms with Crippen molar-refractivity contribution in [3.8, 4) is 33.6 Å². The van der Waals surface area contributed by atoms with Gasteiger partial charge in [0, 0.05) is 10.1 Å². The highest BCUT2D eigenvalue weighted by molar-refractivity contribution is 7.98. The van der Waals surface area contributed by atoms with Crippen LogP contribution in [0, 0.1) is 24.7 Å². The van der Waals surface area contributed by atoms with E-state index in [1.54, 1.807) is 11.9 Å². The number of hydrogen-bond acceptors (Lipinski definition) is 6. The molecule has 8 heteroatoms. The first-order valence-corrected chi connectivity index (χ1v) is 18.8. The molecule has 5 aromatic rings. The number of nitrogens with zero attached hydrogens (tertiary/aromatic N) is 2. The third-order valence-electron chi connectivity index (χ3n) is 9.07. The summed E-state index contributed by atoms with van der Waals surface area (Å²) in [6.07, 6.45) is 11.1. The maximum absolute atomic E-state index is 4.80. The van der Waals surface area contributed by atoms with Gasteiger partial charge >= 0.3 is 0 Å². The van der Waals surface area contributed by atoms with E-state index in [0.717, 1.165) is 34.2 Å².